The van der Waals surface area contributed by atoms with Crippen LogP contribution in [0.2, 0.25) is 0 Å². The first-order chi connectivity index (χ1) is 9.08. The normalized spacial score (nSPS) is 18.7. The summed E-state index contributed by atoms with van der Waals surface area (Å²) in [5, 5.41) is 0. The molecule has 0 spiro atoms. The number of hydrogen-bond acceptors (Lipinski definition) is 3. The summed E-state index contributed by atoms with van der Waals surface area (Å²) in [4.78, 5) is 26.8. The Bertz CT molecular complexity index is 325. The molecule has 5 nitrogen and oxygen atoms in total. The average molecular weight is 268 g/mol. The third-order valence-corrected chi connectivity index (χ3v) is 3.41. The van der Waals surface area contributed by atoms with Gasteiger partial charge in [0.2, 0.25) is 11.8 Å². The number of likely N-dealkylation sites (N-methyl/N-ethyl adjacent to an activating group) is 2. The molecule has 0 aromatic heterocycles. The van der Waals surface area contributed by atoms with Gasteiger partial charge in [0.05, 0.1) is 13.2 Å². The molecule has 0 aromatic carbocycles. The minimum Gasteiger partial charge on any atom is -0.381 e. The predicted molar refractivity (Wildman–Crippen MR) is 73.6 cm³/mol. The molecular formula is C14H24N2O3. The number of amides is 2. The number of hydrogen-bond donors (Lipinski definition) is 0. The van der Waals surface area contributed by atoms with Crippen molar-refractivity contribution < 1.29 is 14.3 Å². The summed E-state index contributed by atoms with van der Waals surface area (Å²) in [6.45, 7) is 8.16. The van der Waals surface area contributed by atoms with Crippen molar-refractivity contribution in [2.75, 3.05) is 39.9 Å². The highest BCUT2D eigenvalue weighted by molar-refractivity contribution is 5.90. The Morgan fingerprint density at radius 1 is 1.47 bits per heavy atom. The zero-order chi connectivity index (χ0) is 14.3. The summed E-state index contributed by atoms with van der Waals surface area (Å²) in [6, 6.07) is 0. The summed E-state index contributed by atoms with van der Waals surface area (Å²) in [7, 11) is 1.78. The van der Waals surface area contributed by atoms with Crippen LogP contribution in [0.3, 0.4) is 0 Å². The molecule has 0 aliphatic carbocycles. The maximum absolute atomic E-state index is 12.1. The fourth-order valence-electron chi connectivity index (χ4n) is 2.20. The van der Waals surface area contributed by atoms with E-state index < -0.39 is 0 Å². The zero-order valence-corrected chi connectivity index (χ0v) is 11.9. The molecule has 1 heterocycles. The predicted octanol–water partition coefficient (Wildman–Crippen LogP) is 0.906. The van der Waals surface area contributed by atoms with Gasteiger partial charge in [-0.25, -0.2) is 0 Å². The molecule has 1 rings (SSSR count). The van der Waals surface area contributed by atoms with Crippen molar-refractivity contribution in [1.29, 1.82) is 0 Å². The molecule has 5 heteroatoms. The van der Waals surface area contributed by atoms with E-state index in [0.717, 1.165) is 26.1 Å². The van der Waals surface area contributed by atoms with Crippen LogP contribution in [-0.4, -0.2) is 61.5 Å². The SMILES string of the molecule is C=CC(=O)N(CC)CC(=O)N(C)CC1CCCOC1. The summed E-state index contributed by atoms with van der Waals surface area (Å²) in [5.74, 6) is 0.167. The Balaban J connectivity index is 2.42. The molecule has 0 aromatic rings. The van der Waals surface area contributed by atoms with Gasteiger partial charge in [-0.3, -0.25) is 9.59 Å². The van der Waals surface area contributed by atoms with Crippen LogP contribution in [-0.2, 0) is 14.3 Å². The van der Waals surface area contributed by atoms with Gasteiger partial charge in [-0.2, -0.15) is 0 Å². The van der Waals surface area contributed by atoms with Crippen molar-refractivity contribution in [3.8, 4) is 0 Å². The largest absolute Gasteiger partial charge is 0.381 e. The van der Waals surface area contributed by atoms with E-state index in [1.807, 2.05) is 6.92 Å². The van der Waals surface area contributed by atoms with Crippen LogP contribution in [0.1, 0.15) is 19.8 Å². The van der Waals surface area contributed by atoms with Crippen LogP contribution in [0.15, 0.2) is 12.7 Å². The number of ether oxygens (including phenoxy) is 1. The van der Waals surface area contributed by atoms with Crippen molar-refractivity contribution in [3.05, 3.63) is 12.7 Å². The van der Waals surface area contributed by atoms with E-state index in [4.69, 9.17) is 4.74 Å². The summed E-state index contributed by atoms with van der Waals surface area (Å²) in [5.41, 5.74) is 0. The average Bonchev–Trinajstić information content (AvgIpc) is 2.44. The fraction of sp³-hybridized carbons (Fsp3) is 0.714. The molecule has 19 heavy (non-hydrogen) atoms. The topological polar surface area (TPSA) is 49.9 Å². The first-order valence-electron chi connectivity index (χ1n) is 6.81. The molecular weight excluding hydrogens is 244 g/mol. The van der Waals surface area contributed by atoms with E-state index in [1.54, 1.807) is 11.9 Å². The smallest absolute Gasteiger partial charge is 0.246 e. The lowest BCUT2D eigenvalue weighted by Gasteiger charge is -2.28. The highest BCUT2D eigenvalue weighted by atomic mass is 16.5. The highest BCUT2D eigenvalue weighted by Gasteiger charge is 2.20. The van der Waals surface area contributed by atoms with Crippen LogP contribution in [0.4, 0.5) is 0 Å². The molecule has 0 radical (unpaired) electrons. The second-order valence-electron chi connectivity index (χ2n) is 4.91. The summed E-state index contributed by atoms with van der Waals surface area (Å²) >= 11 is 0. The van der Waals surface area contributed by atoms with E-state index in [2.05, 4.69) is 6.58 Å². The monoisotopic (exact) mass is 268 g/mol. The van der Waals surface area contributed by atoms with Crippen LogP contribution >= 0.6 is 0 Å². The van der Waals surface area contributed by atoms with Crippen LogP contribution < -0.4 is 0 Å². The van der Waals surface area contributed by atoms with Crippen LogP contribution in [0.25, 0.3) is 0 Å². The molecule has 1 aliphatic heterocycles. The van der Waals surface area contributed by atoms with Crippen LogP contribution in [0.5, 0.6) is 0 Å². The summed E-state index contributed by atoms with van der Waals surface area (Å²) in [6.07, 6.45) is 3.40. The molecule has 2 amide bonds. The number of carbonyl (C=O) groups is 2. The number of rotatable bonds is 6. The van der Waals surface area contributed by atoms with Gasteiger partial charge in [-0.15, -0.1) is 0 Å². The Kier molecular flexibility index (Phi) is 6.56. The Morgan fingerprint density at radius 2 is 2.21 bits per heavy atom. The Labute approximate surface area is 115 Å². The molecule has 108 valence electrons. The molecule has 1 saturated heterocycles. The van der Waals surface area contributed by atoms with E-state index in [0.29, 0.717) is 19.0 Å². The minimum atomic E-state index is -0.203. The van der Waals surface area contributed by atoms with Gasteiger partial charge in [0.25, 0.3) is 0 Å². The quantitative estimate of drug-likeness (QED) is 0.673. The Morgan fingerprint density at radius 3 is 2.74 bits per heavy atom. The zero-order valence-electron chi connectivity index (χ0n) is 11.9. The van der Waals surface area contributed by atoms with Gasteiger partial charge in [0.15, 0.2) is 0 Å². The van der Waals surface area contributed by atoms with Gasteiger partial charge >= 0.3 is 0 Å². The molecule has 0 bridgehead atoms. The highest BCUT2D eigenvalue weighted by Crippen LogP contribution is 2.14. The maximum Gasteiger partial charge on any atom is 0.246 e. The van der Waals surface area contributed by atoms with Gasteiger partial charge in [0.1, 0.15) is 0 Å². The molecule has 1 aliphatic rings. The molecule has 1 fully saturated rings. The van der Waals surface area contributed by atoms with E-state index >= 15 is 0 Å². The number of nitrogens with zero attached hydrogens (tertiary/aromatic N) is 2. The van der Waals surface area contributed by atoms with Gasteiger partial charge in [-0.05, 0) is 31.8 Å². The Hall–Kier alpha value is -1.36. The van der Waals surface area contributed by atoms with Crippen LogP contribution in [0, 0.1) is 5.92 Å². The molecule has 1 unspecified atom stereocenters. The van der Waals surface area contributed by atoms with Crippen molar-refractivity contribution in [1.82, 2.24) is 9.80 Å². The minimum absolute atomic E-state index is 0.0392. The molecule has 0 saturated carbocycles. The van der Waals surface area contributed by atoms with E-state index in [1.165, 1.54) is 11.0 Å². The second-order valence-corrected chi connectivity index (χ2v) is 4.91. The first kappa shape index (κ1) is 15.7. The van der Waals surface area contributed by atoms with E-state index in [-0.39, 0.29) is 18.4 Å². The fourth-order valence-corrected chi connectivity index (χ4v) is 2.20. The third kappa shape index (κ3) is 5.03. The second kappa shape index (κ2) is 7.94. The lowest BCUT2D eigenvalue weighted by atomic mass is 10.0. The van der Waals surface area contributed by atoms with Gasteiger partial charge in [0, 0.05) is 26.7 Å². The first-order valence-corrected chi connectivity index (χ1v) is 6.81. The molecule has 1 atom stereocenters. The van der Waals surface area contributed by atoms with Gasteiger partial charge in [-0.1, -0.05) is 6.58 Å². The summed E-state index contributed by atoms with van der Waals surface area (Å²) < 4.78 is 5.40. The van der Waals surface area contributed by atoms with E-state index in [9.17, 15) is 9.59 Å². The van der Waals surface area contributed by atoms with Crippen molar-refractivity contribution in [3.63, 3.8) is 0 Å². The maximum atomic E-state index is 12.1. The number of carbonyl (C=O) groups excluding carboxylic acids is 2. The lowest BCUT2D eigenvalue weighted by Crippen LogP contribution is -2.43. The lowest BCUT2D eigenvalue weighted by molar-refractivity contribution is -0.137. The van der Waals surface area contributed by atoms with Crippen molar-refractivity contribution in [2.45, 2.75) is 19.8 Å². The molecule has 0 N–H and O–H groups in total. The van der Waals surface area contributed by atoms with Crippen molar-refractivity contribution in [2.24, 2.45) is 5.92 Å². The van der Waals surface area contributed by atoms with Gasteiger partial charge < -0.3 is 14.5 Å². The third-order valence-electron chi connectivity index (χ3n) is 3.41. The van der Waals surface area contributed by atoms with Crippen molar-refractivity contribution >= 4 is 11.8 Å². The standard InChI is InChI=1S/C14H24N2O3/c1-4-13(17)16(5-2)10-14(18)15(3)9-12-7-6-8-19-11-12/h4,12H,1,5-11H2,2-3H3.